The number of nitriles is 1. The van der Waals surface area contributed by atoms with Gasteiger partial charge in [-0.2, -0.15) is 5.26 Å². The van der Waals surface area contributed by atoms with E-state index in [1.807, 2.05) is 6.07 Å². The van der Waals surface area contributed by atoms with Crippen LogP contribution in [-0.2, 0) is 0 Å². The number of fused-ring (bicyclic) bond motifs is 1. The fourth-order valence-corrected chi connectivity index (χ4v) is 1.12. The van der Waals surface area contributed by atoms with Crippen molar-refractivity contribution in [2.45, 2.75) is 0 Å². The van der Waals surface area contributed by atoms with Crippen LogP contribution in [0.4, 0.5) is 5.69 Å². The highest BCUT2D eigenvalue weighted by Gasteiger charge is 2.01. The number of nitrogen functional groups attached to an aromatic ring is 1. The number of nitrogens with zero attached hydrogens (tertiary/aromatic N) is 1. The van der Waals surface area contributed by atoms with Crippen LogP contribution >= 0.6 is 0 Å². The van der Waals surface area contributed by atoms with Gasteiger partial charge in [0.2, 0.25) is 5.76 Å². The molecular weight excluding hydrogens is 152 g/mol. The average molecular weight is 158 g/mol. The zero-order valence-electron chi connectivity index (χ0n) is 6.24. The van der Waals surface area contributed by atoms with Gasteiger partial charge in [-0.05, 0) is 18.2 Å². The third-order valence-corrected chi connectivity index (χ3v) is 1.65. The first-order chi connectivity index (χ1) is 5.79. The van der Waals surface area contributed by atoms with E-state index in [0.29, 0.717) is 17.0 Å². The van der Waals surface area contributed by atoms with E-state index in [4.69, 9.17) is 15.4 Å². The zero-order chi connectivity index (χ0) is 8.55. The molecule has 0 aliphatic heterocycles. The number of anilines is 1. The van der Waals surface area contributed by atoms with Crippen molar-refractivity contribution in [3.8, 4) is 6.07 Å². The summed E-state index contributed by atoms with van der Waals surface area (Å²) >= 11 is 0. The van der Waals surface area contributed by atoms with E-state index in [9.17, 15) is 0 Å². The smallest absolute Gasteiger partial charge is 0.204 e. The summed E-state index contributed by atoms with van der Waals surface area (Å²) in [6.45, 7) is 0. The SMILES string of the molecule is N#Cc1cc2cc(N)ccc2o1. The first-order valence-electron chi connectivity index (χ1n) is 3.49. The third-order valence-electron chi connectivity index (χ3n) is 1.65. The fraction of sp³-hybridized carbons (Fsp3) is 0. The van der Waals surface area contributed by atoms with Crippen LogP contribution in [0.1, 0.15) is 5.76 Å². The van der Waals surface area contributed by atoms with Gasteiger partial charge in [0, 0.05) is 17.1 Å². The second-order valence-corrected chi connectivity index (χ2v) is 2.52. The number of nitrogens with two attached hydrogens (primary N) is 1. The van der Waals surface area contributed by atoms with Crippen LogP contribution in [-0.4, -0.2) is 0 Å². The van der Waals surface area contributed by atoms with E-state index < -0.39 is 0 Å². The van der Waals surface area contributed by atoms with Crippen LogP contribution in [0.5, 0.6) is 0 Å². The average Bonchev–Trinajstić information content (AvgIpc) is 2.46. The van der Waals surface area contributed by atoms with Crippen LogP contribution in [0.3, 0.4) is 0 Å². The van der Waals surface area contributed by atoms with Crippen molar-refractivity contribution < 1.29 is 4.42 Å². The minimum atomic E-state index is 0.315. The van der Waals surface area contributed by atoms with Gasteiger partial charge < -0.3 is 10.2 Å². The molecule has 0 bridgehead atoms. The standard InChI is InChI=1S/C9H6N2O/c10-5-8-4-6-3-7(11)1-2-9(6)12-8/h1-4H,11H2. The Morgan fingerprint density at radius 1 is 1.33 bits per heavy atom. The Balaban J connectivity index is 2.77. The summed E-state index contributed by atoms with van der Waals surface area (Å²) in [6, 6.07) is 8.88. The maximum Gasteiger partial charge on any atom is 0.204 e. The van der Waals surface area contributed by atoms with Crippen molar-refractivity contribution in [3.63, 3.8) is 0 Å². The summed E-state index contributed by atoms with van der Waals surface area (Å²) in [7, 11) is 0. The van der Waals surface area contributed by atoms with Crippen LogP contribution in [0, 0.1) is 11.3 Å². The quantitative estimate of drug-likeness (QED) is 0.595. The maximum atomic E-state index is 8.53. The number of benzene rings is 1. The molecular formula is C9H6N2O. The Hall–Kier alpha value is -1.95. The van der Waals surface area contributed by atoms with E-state index in [1.54, 1.807) is 24.3 Å². The molecule has 0 saturated carbocycles. The first-order valence-corrected chi connectivity index (χ1v) is 3.49. The topological polar surface area (TPSA) is 63.0 Å². The predicted molar refractivity (Wildman–Crippen MR) is 45.3 cm³/mol. The molecule has 0 spiro atoms. The Labute approximate surface area is 69.0 Å². The summed E-state index contributed by atoms with van der Waals surface area (Å²) < 4.78 is 5.16. The Bertz CT molecular complexity index is 465. The molecule has 12 heavy (non-hydrogen) atoms. The molecule has 0 fully saturated rings. The monoisotopic (exact) mass is 158 g/mol. The molecule has 2 aromatic rings. The van der Waals surface area contributed by atoms with Crippen LogP contribution < -0.4 is 5.73 Å². The van der Waals surface area contributed by atoms with E-state index in [0.717, 1.165) is 5.39 Å². The molecule has 2 N–H and O–H groups in total. The lowest BCUT2D eigenvalue weighted by atomic mass is 10.2. The minimum Gasteiger partial charge on any atom is -0.446 e. The molecule has 0 unspecified atom stereocenters. The molecule has 58 valence electrons. The van der Waals surface area contributed by atoms with Gasteiger partial charge >= 0.3 is 0 Å². The number of hydrogen-bond acceptors (Lipinski definition) is 3. The molecule has 1 aromatic carbocycles. The highest BCUT2D eigenvalue weighted by Crippen LogP contribution is 2.20. The molecule has 0 amide bonds. The highest BCUT2D eigenvalue weighted by molar-refractivity contribution is 5.81. The number of hydrogen-bond donors (Lipinski definition) is 1. The molecule has 2 rings (SSSR count). The van der Waals surface area contributed by atoms with Crippen molar-refractivity contribution in [2.75, 3.05) is 5.73 Å². The molecule has 0 saturated heterocycles. The van der Waals surface area contributed by atoms with Crippen LogP contribution in [0.25, 0.3) is 11.0 Å². The summed E-state index contributed by atoms with van der Waals surface area (Å²) in [4.78, 5) is 0. The number of rotatable bonds is 0. The van der Waals surface area contributed by atoms with E-state index in [1.165, 1.54) is 0 Å². The third kappa shape index (κ3) is 0.903. The fourth-order valence-electron chi connectivity index (χ4n) is 1.12. The number of furan rings is 1. The van der Waals surface area contributed by atoms with Gasteiger partial charge in [-0.15, -0.1) is 0 Å². The van der Waals surface area contributed by atoms with E-state index in [2.05, 4.69) is 0 Å². The van der Waals surface area contributed by atoms with Crippen molar-refractivity contribution in [3.05, 3.63) is 30.0 Å². The van der Waals surface area contributed by atoms with E-state index >= 15 is 0 Å². The Morgan fingerprint density at radius 2 is 2.17 bits per heavy atom. The normalized spacial score (nSPS) is 9.92. The highest BCUT2D eigenvalue weighted by atomic mass is 16.3. The first kappa shape index (κ1) is 6.74. The lowest BCUT2D eigenvalue weighted by molar-refractivity contribution is 0.599. The van der Waals surface area contributed by atoms with Gasteiger partial charge in [0.1, 0.15) is 11.7 Å². The molecule has 3 heteroatoms. The van der Waals surface area contributed by atoms with Gasteiger partial charge in [-0.1, -0.05) is 0 Å². The molecule has 0 aliphatic carbocycles. The Morgan fingerprint density at radius 3 is 2.92 bits per heavy atom. The van der Waals surface area contributed by atoms with Gasteiger partial charge in [0.15, 0.2) is 0 Å². The Kier molecular flexibility index (Phi) is 1.28. The lowest BCUT2D eigenvalue weighted by Crippen LogP contribution is -1.80. The van der Waals surface area contributed by atoms with Gasteiger partial charge in [0.25, 0.3) is 0 Å². The molecule has 1 aromatic heterocycles. The molecule has 1 heterocycles. The predicted octanol–water partition coefficient (Wildman–Crippen LogP) is 1.89. The second-order valence-electron chi connectivity index (χ2n) is 2.52. The second kappa shape index (κ2) is 2.28. The summed E-state index contributed by atoms with van der Waals surface area (Å²) in [6.07, 6.45) is 0. The summed E-state index contributed by atoms with van der Waals surface area (Å²) in [5, 5.41) is 9.40. The lowest BCUT2D eigenvalue weighted by Gasteiger charge is -1.89. The molecule has 0 aliphatic rings. The molecule has 0 atom stereocenters. The maximum absolute atomic E-state index is 8.53. The zero-order valence-corrected chi connectivity index (χ0v) is 6.24. The summed E-state index contributed by atoms with van der Waals surface area (Å²) in [5.41, 5.74) is 6.92. The van der Waals surface area contributed by atoms with Crippen LogP contribution in [0.2, 0.25) is 0 Å². The largest absolute Gasteiger partial charge is 0.446 e. The van der Waals surface area contributed by atoms with Crippen molar-refractivity contribution in [1.82, 2.24) is 0 Å². The van der Waals surface area contributed by atoms with Crippen molar-refractivity contribution >= 4 is 16.7 Å². The summed E-state index contributed by atoms with van der Waals surface area (Å²) in [5.74, 6) is 0.315. The molecule has 0 radical (unpaired) electrons. The van der Waals surface area contributed by atoms with Gasteiger partial charge in [0.05, 0.1) is 0 Å². The van der Waals surface area contributed by atoms with E-state index in [-0.39, 0.29) is 0 Å². The van der Waals surface area contributed by atoms with Crippen LogP contribution in [0.15, 0.2) is 28.7 Å². The van der Waals surface area contributed by atoms with Gasteiger partial charge in [-0.3, -0.25) is 0 Å². The molecule has 3 nitrogen and oxygen atoms in total. The van der Waals surface area contributed by atoms with Crippen molar-refractivity contribution in [1.29, 1.82) is 5.26 Å². The van der Waals surface area contributed by atoms with Gasteiger partial charge in [-0.25, -0.2) is 0 Å². The van der Waals surface area contributed by atoms with Crippen molar-refractivity contribution in [2.24, 2.45) is 0 Å². The minimum absolute atomic E-state index is 0.315.